The van der Waals surface area contributed by atoms with Crippen LogP contribution < -0.4 is 16.0 Å². The van der Waals surface area contributed by atoms with Crippen LogP contribution in [0.4, 0.5) is 20.6 Å². The van der Waals surface area contributed by atoms with Crippen LogP contribution in [0.25, 0.3) is 11.1 Å². The van der Waals surface area contributed by atoms with Crippen LogP contribution in [0.3, 0.4) is 0 Å². The van der Waals surface area contributed by atoms with Gasteiger partial charge in [-0.25, -0.2) is 14.0 Å². The van der Waals surface area contributed by atoms with E-state index >= 15 is 0 Å². The molecule has 1 unspecified atom stereocenters. The summed E-state index contributed by atoms with van der Waals surface area (Å²) in [5.74, 6) is -1.74. The molecule has 3 N–H and O–H groups in total. The number of ether oxygens (including phenoxy) is 2. The third kappa shape index (κ3) is 8.99. The third-order valence-electron chi connectivity index (χ3n) is 6.63. The summed E-state index contributed by atoms with van der Waals surface area (Å²) in [6.45, 7) is 14.7. The van der Waals surface area contributed by atoms with Gasteiger partial charge in [0.15, 0.2) is 6.04 Å². The fourth-order valence-corrected chi connectivity index (χ4v) is 4.83. The number of urea groups is 1. The van der Waals surface area contributed by atoms with Crippen LogP contribution in [-0.4, -0.2) is 42.8 Å². The molecule has 0 fully saturated rings. The lowest BCUT2D eigenvalue weighted by molar-refractivity contribution is -0.150. The molecule has 228 valence electrons. The molecule has 3 aromatic carbocycles. The van der Waals surface area contributed by atoms with Gasteiger partial charge >= 0.3 is 12.0 Å². The van der Waals surface area contributed by atoms with Crippen LogP contribution in [0.2, 0.25) is 0 Å². The van der Waals surface area contributed by atoms with Crippen molar-refractivity contribution in [2.75, 3.05) is 17.7 Å². The zero-order valence-corrected chi connectivity index (χ0v) is 25.8. The standard InChI is InChI=1S/C34H40FN3O5/c1-9-11-23-16-20(2)29(21(3)17-23)38-33(41)36-28-19-25(24-12-10-13-26(35)18-24)14-15-27(28)31(39)37-30(32(40)42-8)22(4)43-34(5,6)7/h9-10,12-19,22,30H,1,11H2,2-8H3,(H,37,39)(H2,36,38,41)/t22?,30-/m0/s1. The number of methoxy groups -OCH3 is 1. The molecule has 0 spiro atoms. The van der Waals surface area contributed by atoms with Crippen molar-refractivity contribution in [3.8, 4) is 11.1 Å². The number of carbonyl (C=O) groups excluding carboxylic acids is 3. The van der Waals surface area contributed by atoms with Gasteiger partial charge in [0.2, 0.25) is 0 Å². The first-order valence-corrected chi connectivity index (χ1v) is 14.0. The zero-order chi connectivity index (χ0) is 31.9. The van der Waals surface area contributed by atoms with Crippen LogP contribution in [0.1, 0.15) is 54.7 Å². The number of halogens is 1. The lowest BCUT2D eigenvalue weighted by Gasteiger charge is -2.30. The van der Waals surface area contributed by atoms with Crippen molar-refractivity contribution < 1.29 is 28.2 Å². The second-order valence-corrected chi connectivity index (χ2v) is 11.4. The van der Waals surface area contributed by atoms with E-state index < -0.39 is 41.5 Å². The van der Waals surface area contributed by atoms with Gasteiger partial charge in [-0.15, -0.1) is 6.58 Å². The number of hydrogen-bond acceptors (Lipinski definition) is 5. The summed E-state index contributed by atoms with van der Waals surface area (Å²) in [5.41, 5.74) is 4.22. The Bertz CT molecular complexity index is 1490. The third-order valence-corrected chi connectivity index (χ3v) is 6.63. The maximum Gasteiger partial charge on any atom is 0.331 e. The molecule has 2 atom stereocenters. The van der Waals surface area contributed by atoms with Crippen LogP contribution in [0.15, 0.2) is 67.3 Å². The van der Waals surface area contributed by atoms with Crippen LogP contribution in [-0.2, 0) is 20.7 Å². The molecule has 43 heavy (non-hydrogen) atoms. The Morgan fingerprint density at radius 2 is 1.63 bits per heavy atom. The molecular formula is C34H40FN3O5. The number of rotatable bonds is 10. The zero-order valence-electron chi connectivity index (χ0n) is 25.8. The summed E-state index contributed by atoms with van der Waals surface area (Å²) in [6, 6.07) is 13.0. The first-order chi connectivity index (χ1) is 20.2. The van der Waals surface area contributed by atoms with E-state index in [1.54, 1.807) is 31.2 Å². The smallest absolute Gasteiger partial charge is 0.331 e. The molecule has 8 nitrogen and oxygen atoms in total. The predicted octanol–water partition coefficient (Wildman–Crippen LogP) is 6.96. The molecular weight excluding hydrogens is 549 g/mol. The highest BCUT2D eigenvalue weighted by Crippen LogP contribution is 2.28. The molecule has 0 aliphatic carbocycles. The van der Waals surface area contributed by atoms with Gasteiger partial charge in [0, 0.05) is 5.69 Å². The molecule has 0 aromatic heterocycles. The van der Waals surface area contributed by atoms with Gasteiger partial charge in [0.1, 0.15) is 5.82 Å². The largest absolute Gasteiger partial charge is 0.467 e. The van der Waals surface area contributed by atoms with Gasteiger partial charge in [0.05, 0.1) is 30.1 Å². The van der Waals surface area contributed by atoms with Crippen molar-refractivity contribution in [1.29, 1.82) is 0 Å². The number of aryl methyl sites for hydroxylation is 2. The van der Waals surface area contributed by atoms with E-state index in [2.05, 4.69) is 22.5 Å². The van der Waals surface area contributed by atoms with Crippen molar-refractivity contribution in [3.05, 3.63) is 95.3 Å². The Balaban J connectivity index is 1.98. The monoisotopic (exact) mass is 589 g/mol. The Hall–Kier alpha value is -4.50. The number of benzene rings is 3. The maximum absolute atomic E-state index is 14.0. The summed E-state index contributed by atoms with van der Waals surface area (Å²) in [5, 5.41) is 8.35. The van der Waals surface area contributed by atoms with Crippen LogP contribution in [0.5, 0.6) is 0 Å². The van der Waals surface area contributed by atoms with Crippen molar-refractivity contribution in [2.45, 2.75) is 65.7 Å². The predicted molar refractivity (Wildman–Crippen MR) is 168 cm³/mol. The Morgan fingerprint density at radius 1 is 0.977 bits per heavy atom. The minimum Gasteiger partial charge on any atom is -0.467 e. The summed E-state index contributed by atoms with van der Waals surface area (Å²) in [6.07, 6.45) is 1.79. The average Bonchev–Trinajstić information content (AvgIpc) is 2.92. The van der Waals surface area contributed by atoms with Crippen molar-refractivity contribution >= 4 is 29.3 Å². The summed E-state index contributed by atoms with van der Waals surface area (Å²) < 4.78 is 24.9. The summed E-state index contributed by atoms with van der Waals surface area (Å²) >= 11 is 0. The lowest BCUT2D eigenvalue weighted by Crippen LogP contribution is -2.51. The number of amides is 3. The Labute approximate surface area is 252 Å². The number of carbonyl (C=O) groups is 3. The second kappa shape index (κ2) is 14.1. The number of esters is 1. The first kappa shape index (κ1) is 33.0. The van der Waals surface area contributed by atoms with Gasteiger partial charge in [-0.2, -0.15) is 0 Å². The highest BCUT2D eigenvalue weighted by molar-refractivity contribution is 6.08. The van der Waals surface area contributed by atoms with Crippen LogP contribution >= 0.6 is 0 Å². The Kier molecular flexibility index (Phi) is 10.8. The number of allylic oxidation sites excluding steroid dienone is 1. The van der Waals surface area contributed by atoms with Gasteiger partial charge in [0.25, 0.3) is 5.91 Å². The second-order valence-electron chi connectivity index (χ2n) is 11.4. The van der Waals surface area contributed by atoms with Gasteiger partial charge < -0.3 is 25.4 Å². The van der Waals surface area contributed by atoms with Crippen LogP contribution in [0, 0.1) is 19.7 Å². The summed E-state index contributed by atoms with van der Waals surface area (Å²) in [7, 11) is 1.23. The minimum absolute atomic E-state index is 0.0851. The number of hydrogen-bond donors (Lipinski definition) is 3. The quantitative estimate of drug-likeness (QED) is 0.175. The van der Waals surface area contributed by atoms with E-state index in [9.17, 15) is 18.8 Å². The van der Waals surface area contributed by atoms with Gasteiger partial charge in [-0.05, 0) is 100 Å². The average molecular weight is 590 g/mol. The highest BCUT2D eigenvalue weighted by atomic mass is 19.1. The van der Waals surface area contributed by atoms with Gasteiger partial charge in [-0.3, -0.25) is 4.79 Å². The molecule has 0 aliphatic heterocycles. The fraction of sp³-hybridized carbons (Fsp3) is 0.324. The van der Waals surface area contributed by atoms with Gasteiger partial charge in [-0.1, -0.05) is 36.4 Å². The molecule has 0 saturated carbocycles. The highest BCUT2D eigenvalue weighted by Gasteiger charge is 2.32. The Morgan fingerprint density at radius 3 is 2.21 bits per heavy atom. The molecule has 3 amide bonds. The van der Waals surface area contributed by atoms with E-state index in [0.717, 1.165) is 16.7 Å². The first-order valence-electron chi connectivity index (χ1n) is 14.0. The molecule has 3 rings (SSSR count). The van der Waals surface area contributed by atoms with E-state index in [0.29, 0.717) is 23.2 Å². The summed E-state index contributed by atoms with van der Waals surface area (Å²) in [4.78, 5) is 39.5. The maximum atomic E-state index is 14.0. The molecule has 9 heteroatoms. The molecule has 0 heterocycles. The minimum atomic E-state index is -1.12. The topological polar surface area (TPSA) is 106 Å². The van der Waals surface area contributed by atoms with Crippen molar-refractivity contribution in [2.24, 2.45) is 0 Å². The van der Waals surface area contributed by atoms with E-state index in [1.807, 2.05) is 52.8 Å². The van der Waals surface area contributed by atoms with E-state index in [1.165, 1.54) is 25.3 Å². The SMILES string of the molecule is C=CCc1cc(C)c(NC(=O)Nc2cc(-c3cccc(F)c3)ccc2C(=O)N[C@H](C(=O)OC)C(C)OC(C)(C)C)c(C)c1. The number of anilines is 2. The number of nitrogens with one attached hydrogen (secondary N) is 3. The van der Waals surface area contributed by atoms with E-state index in [-0.39, 0.29) is 11.3 Å². The molecule has 0 aliphatic rings. The molecule has 3 aromatic rings. The van der Waals surface area contributed by atoms with E-state index in [4.69, 9.17) is 9.47 Å². The van der Waals surface area contributed by atoms with Crippen molar-refractivity contribution in [1.82, 2.24) is 5.32 Å². The molecule has 0 bridgehead atoms. The molecule has 0 radical (unpaired) electrons. The fourth-order valence-electron chi connectivity index (χ4n) is 4.83. The normalized spacial score (nSPS) is 12.6. The van der Waals surface area contributed by atoms with Crippen molar-refractivity contribution in [3.63, 3.8) is 0 Å². The molecule has 0 saturated heterocycles. The lowest BCUT2D eigenvalue weighted by atomic mass is 10.0.